The summed E-state index contributed by atoms with van der Waals surface area (Å²) in [4.78, 5) is 12.8. The lowest BCUT2D eigenvalue weighted by Crippen LogP contribution is -2.30. The normalized spacial score (nSPS) is 12.5. The summed E-state index contributed by atoms with van der Waals surface area (Å²) in [7, 11) is 1.82. The Labute approximate surface area is 186 Å². The second kappa shape index (κ2) is 9.60. The Bertz CT molecular complexity index is 1180. The smallest absolute Gasteiger partial charge is 0.263 e. The van der Waals surface area contributed by atoms with Crippen LogP contribution in [-0.4, -0.2) is 48.3 Å². The fraction of sp³-hybridized carbons (Fsp3) is 0.238. The molecule has 0 aliphatic carbocycles. The minimum atomic E-state index is -3.85. The van der Waals surface area contributed by atoms with Crippen LogP contribution in [0.1, 0.15) is 15.9 Å². The maximum atomic E-state index is 13.3. The van der Waals surface area contributed by atoms with Crippen LogP contribution < -0.4 is 23.7 Å². The fourth-order valence-corrected chi connectivity index (χ4v) is 4.41. The largest absolute Gasteiger partial charge is 0.496 e. The number of nitrogens with zero attached hydrogens (tertiary/aromatic N) is 2. The molecule has 0 fully saturated rings. The third-order valence-corrected chi connectivity index (χ3v) is 6.08. The molecule has 0 radical (unpaired) electrons. The van der Waals surface area contributed by atoms with Crippen molar-refractivity contribution >= 4 is 15.8 Å². The highest BCUT2D eigenvalue weighted by Gasteiger charge is 2.26. The molecular formula is C21H24N4O6S. The van der Waals surface area contributed by atoms with Crippen molar-refractivity contribution in [3.8, 4) is 23.0 Å². The minimum absolute atomic E-state index is 0.0913. The van der Waals surface area contributed by atoms with Crippen molar-refractivity contribution in [3.05, 3.63) is 59.9 Å². The van der Waals surface area contributed by atoms with Crippen molar-refractivity contribution in [1.29, 1.82) is 4.78 Å². The lowest BCUT2D eigenvalue weighted by atomic mass is 10.1. The van der Waals surface area contributed by atoms with Crippen LogP contribution in [0.3, 0.4) is 0 Å². The lowest BCUT2D eigenvalue weighted by molar-refractivity contribution is 0.0982. The van der Waals surface area contributed by atoms with Crippen molar-refractivity contribution in [3.63, 3.8) is 0 Å². The average molecular weight is 461 g/mol. The van der Waals surface area contributed by atoms with Crippen LogP contribution in [-0.2, 0) is 16.5 Å². The molecule has 3 aromatic rings. The van der Waals surface area contributed by atoms with Gasteiger partial charge < -0.3 is 18.9 Å². The number of carbonyl (C=O) groups is 1. The van der Waals surface area contributed by atoms with Crippen LogP contribution in [0, 0.1) is 4.78 Å². The number of ether oxygens (including phenoxy) is 4. The van der Waals surface area contributed by atoms with Gasteiger partial charge in [-0.3, -0.25) is 14.2 Å². The summed E-state index contributed by atoms with van der Waals surface area (Å²) in [5.41, 5.74) is 0.982. The van der Waals surface area contributed by atoms with E-state index in [1.54, 1.807) is 29.1 Å². The van der Waals surface area contributed by atoms with Crippen molar-refractivity contribution in [1.82, 2.24) is 14.5 Å². The monoisotopic (exact) mass is 460 g/mol. The molecule has 2 aromatic carbocycles. The number of nitrogens with one attached hydrogen (secondary N) is 2. The van der Waals surface area contributed by atoms with E-state index in [0.717, 1.165) is 5.56 Å². The van der Waals surface area contributed by atoms with Crippen molar-refractivity contribution in [2.24, 2.45) is 0 Å². The van der Waals surface area contributed by atoms with Gasteiger partial charge in [0.1, 0.15) is 23.0 Å². The number of amides is 1. The Kier molecular flexibility index (Phi) is 6.89. The van der Waals surface area contributed by atoms with E-state index >= 15 is 0 Å². The highest BCUT2D eigenvalue weighted by Crippen LogP contribution is 2.37. The van der Waals surface area contributed by atoms with Gasteiger partial charge in [-0.05, 0) is 18.2 Å². The highest BCUT2D eigenvalue weighted by atomic mass is 32.2. The number of hydrogen-bond donors (Lipinski definition) is 2. The van der Waals surface area contributed by atoms with Crippen molar-refractivity contribution < 1.29 is 28.0 Å². The molecule has 170 valence electrons. The van der Waals surface area contributed by atoms with Crippen molar-refractivity contribution in [2.45, 2.75) is 11.4 Å². The predicted molar refractivity (Wildman–Crippen MR) is 117 cm³/mol. The van der Waals surface area contributed by atoms with E-state index in [0.29, 0.717) is 18.0 Å². The Morgan fingerprint density at radius 1 is 1.03 bits per heavy atom. The minimum Gasteiger partial charge on any atom is -0.496 e. The third-order valence-electron chi connectivity index (χ3n) is 4.63. The van der Waals surface area contributed by atoms with Crippen LogP contribution in [0.2, 0.25) is 0 Å². The molecule has 1 aromatic heterocycles. The van der Waals surface area contributed by atoms with Crippen LogP contribution in [0.25, 0.3) is 0 Å². The number of aromatic nitrogens is 2. The second-order valence-corrected chi connectivity index (χ2v) is 8.30. The first kappa shape index (κ1) is 22.9. The molecule has 0 saturated carbocycles. The average Bonchev–Trinajstić information content (AvgIpc) is 3.30. The zero-order chi connectivity index (χ0) is 23.3. The van der Waals surface area contributed by atoms with Crippen LogP contribution >= 0.6 is 0 Å². The Hall–Kier alpha value is -3.73. The van der Waals surface area contributed by atoms with E-state index in [-0.39, 0.29) is 22.0 Å². The number of hydrogen-bond acceptors (Lipinski definition) is 8. The molecule has 1 unspecified atom stereocenters. The van der Waals surface area contributed by atoms with E-state index in [1.807, 2.05) is 6.20 Å². The summed E-state index contributed by atoms with van der Waals surface area (Å²) in [5.74, 6) is 0.321. The van der Waals surface area contributed by atoms with Crippen molar-refractivity contribution in [2.75, 3.05) is 28.4 Å². The Balaban J connectivity index is 1.91. The van der Waals surface area contributed by atoms with Gasteiger partial charge in [0.15, 0.2) is 14.8 Å². The Morgan fingerprint density at radius 2 is 1.69 bits per heavy atom. The van der Waals surface area contributed by atoms with Gasteiger partial charge in [-0.1, -0.05) is 6.07 Å². The molecule has 11 heteroatoms. The lowest BCUT2D eigenvalue weighted by Gasteiger charge is -2.18. The van der Waals surface area contributed by atoms with E-state index in [2.05, 4.69) is 9.82 Å². The number of carbonyl (C=O) groups excluding carboxylic acids is 1. The third kappa shape index (κ3) is 4.78. The number of methoxy groups -OCH3 is 4. The molecule has 0 aliphatic rings. The topological polar surface area (TPSA) is 125 Å². The summed E-state index contributed by atoms with van der Waals surface area (Å²) >= 11 is 0. The SMILES string of the molecule is COc1cc(OC)c(S(=N)(=O)NC(=O)c2ccc(Cn3cccn3)c(OC)c2)c(OC)c1. The van der Waals surface area contributed by atoms with E-state index < -0.39 is 15.8 Å². The maximum Gasteiger partial charge on any atom is 0.263 e. The molecule has 2 N–H and O–H groups in total. The van der Waals surface area contributed by atoms with E-state index in [4.69, 9.17) is 23.7 Å². The zero-order valence-corrected chi connectivity index (χ0v) is 18.9. The van der Waals surface area contributed by atoms with Crippen LogP contribution in [0.4, 0.5) is 0 Å². The first-order valence-corrected chi connectivity index (χ1v) is 10.9. The molecule has 0 saturated heterocycles. The van der Waals surface area contributed by atoms with Gasteiger partial charge >= 0.3 is 0 Å². The highest BCUT2D eigenvalue weighted by molar-refractivity contribution is 7.91. The zero-order valence-electron chi connectivity index (χ0n) is 18.1. The first-order chi connectivity index (χ1) is 15.3. The second-order valence-electron chi connectivity index (χ2n) is 6.58. The number of benzene rings is 2. The first-order valence-electron chi connectivity index (χ1n) is 9.38. The standard InChI is InChI=1S/C21H24N4O6S/c1-28-16-11-18(30-3)20(19(12-16)31-4)32(22,27)24-21(26)14-6-7-15(17(10-14)29-2)13-25-9-5-8-23-25/h5-12H,13H2,1-4H3,(H2,22,24,26,27). The molecule has 1 atom stereocenters. The van der Waals surface area contributed by atoms with Gasteiger partial charge in [-0.25, -0.2) is 8.99 Å². The molecule has 1 amide bonds. The quantitative estimate of drug-likeness (QED) is 0.503. The molecule has 10 nitrogen and oxygen atoms in total. The maximum absolute atomic E-state index is 13.3. The van der Waals surface area contributed by atoms with Gasteiger partial charge in [0.25, 0.3) is 5.91 Å². The van der Waals surface area contributed by atoms with Crippen LogP contribution in [0.15, 0.2) is 53.7 Å². The molecule has 0 bridgehead atoms. The Morgan fingerprint density at radius 3 is 2.22 bits per heavy atom. The van der Waals surface area contributed by atoms with Gasteiger partial charge in [0.05, 0.1) is 35.0 Å². The number of rotatable bonds is 9. The summed E-state index contributed by atoms with van der Waals surface area (Å²) in [6.07, 6.45) is 3.48. The predicted octanol–water partition coefficient (Wildman–Crippen LogP) is 2.72. The van der Waals surface area contributed by atoms with E-state index in [9.17, 15) is 9.00 Å². The molecule has 3 rings (SSSR count). The molecule has 32 heavy (non-hydrogen) atoms. The van der Waals surface area contributed by atoms with Crippen LogP contribution in [0.5, 0.6) is 23.0 Å². The van der Waals surface area contributed by atoms with Gasteiger partial charge in [0.2, 0.25) is 0 Å². The molecular weight excluding hydrogens is 436 g/mol. The van der Waals surface area contributed by atoms with E-state index in [1.165, 1.54) is 46.6 Å². The van der Waals surface area contributed by atoms with Gasteiger partial charge in [-0.15, -0.1) is 0 Å². The summed E-state index contributed by atoms with van der Waals surface area (Å²) in [5, 5.41) is 4.16. The molecule has 1 heterocycles. The summed E-state index contributed by atoms with van der Waals surface area (Å²) in [6.45, 7) is 0.452. The van der Waals surface area contributed by atoms with Gasteiger partial charge in [-0.2, -0.15) is 5.10 Å². The summed E-state index contributed by atoms with van der Waals surface area (Å²) < 4.78 is 46.7. The molecule has 0 aliphatic heterocycles. The molecule has 0 spiro atoms. The fourth-order valence-electron chi connectivity index (χ4n) is 3.08. The summed E-state index contributed by atoms with van der Waals surface area (Å²) in [6, 6.07) is 9.54. The van der Waals surface area contributed by atoms with Gasteiger partial charge in [0, 0.05) is 35.7 Å².